The van der Waals surface area contributed by atoms with Crippen LogP contribution in [-0.2, 0) is 4.79 Å². The molecule has 1 atom stereocenters. The minimum atomic E-state index is -0.762. The van der Waals surface area contributed by atoms with Gasteiger partial charge in [0.25, 0.3) is 5.91 Å². The van der Waals surface area contributed by atoms with Crippen molar-refractivity contribution in [3.05, 3.63) is 65.7 Å². The van der Waals surface area contributed by atoms with Crippen LogP contribution in [0.5, 0.6) is 0 Å². The molecule has 1 aliphatic rings. The van der Waals surface area contributed by atoms with Crippen LogP contribution >= 0.6 is 0 Å². The molecule has 1 fully saturated rings. The Hall–Kier alpha value is -2.76. The second kappa shape index (κ2) is 7.42. The van der Waals surface area contributed by atoms with Crippen LogP contribution in [0.4, 0.5) is 14.5 Å². The molecule has 2 aromatic carbocycles. The van der Waals surface area contributed by atoms with Gasteiger partial charge in [-0.3, -0.25) is 9.59 Å². The molecule has 130 valence electrons. The zero-order valence-electron chi connectivity index (χ0n) is 13.5. The van der Waals surface area contributed by atoms with Crippen molar-refractivity contribution in [1.82, 2.24) is 4.90 Å². The van der Waals surface area contributed by atoms with E-state index in [0.29, 0.717) is 25.1 Å². The largest absolute Gasteiger partial charge is 0.338 e. The molecule has 1 heterocycles. The molecule has 0 aliphatic carbocycles. The van der Waals surface area contributed by atoms with Gasteiger partial charge in [0, 0.05) is 18.8 Å². The van der Waals surface area contributed by atoms with E-state index in [2.05, 4.69) is 5.32 Å². The lowest BCUT2D eigenvalue weighted by atomic mass is 9.96. The Morgan fingerprint density at radius 3 is 2.60 bits per heavy atom. The summed E-state index contributed by atoms with van der Waals surface area (Å²) in [4.78, 5) is 26.3. The number of rotatable bonds is 3. The topological polar surface area (TPSA) is 49.4 Å². The van der Waals surface area contributed by atoms with E-state index in [4.69, 9.17) is 0 Å². The summed E-state index contributed by atoms with van der Waals surface area (Å²) in [7, 11) is 0. The second-order valence-electron chi connectivity index (χ2n) is 6.07. The van der Waals surface area contributed by atoms with Crippen molar-refractivity contribution in [3.8, 4) is 0 Å². The highest BCUT2D eigenvalue weighted by molar-refractivity contribution is 5.96. The summed E-state index contributed by atoms with van der Waals surface area (Å²) in [5.74, 6) is -2.57. The summed E-state index contributed by atoms with van der Waals surface area (Å²) >= 11 is 0. The third kappa shape index (κ3) is 4.02. The number of carbonyl (C=O) groups excluding carboxylic acids is 2. The van der Waals surface area contributed by atoms with Crippen molar-refractivity contribution in [3.63, 3.8) is 0 Å². The van der Waals surface area contributed by atoms with E-state index in [-0.39, 0.29) is 23.9 Å². The lowest BCUT2D eigenvalue weighted by Gasteiger charge is -2.32. The molecular formula is C19H18F2N2O2. The van der Waals surface area contributed by atoms with Crippen LogP contribution in [0, 0.1) is 17.6 Å². The number of benzene rings is 2. The summed E-state index contributed by atoms with van der Waals surface area (Å²) in [6.07, 6.45) is 1.28. The summed E-state index contributed by atoms with van der Waals surface area (Å²) in [5, 5.41) is 2.82. The summed E-state index contributed by atoms with van der Waals surface area (Å²) in [6.45, 7) is 0.608. The van der Waals surface area contributed by atoms with E-state index in [0.717, 1.165) is 18.2 Å². The van der Waals surface area contributed by atoms with E-state index < -0.39 is 17.5 Å². The Kier molecular flexibility index (Phi) is 5.07. The normalized spacial score (nSPS) is 17.2. The molecule has 0 radical (unpaired) electrons. The van der Waals surface area contributed by atoms with E-state index in [1.807, 2.05) is 18.2 Å². The monoisotopic (exact) mass is 344 g/mol. The number of nitrogens with one attached hydrogen (secondary N) is 1. The minimum absolute atomic E-state index is 0.177. The first-order chi connectivity index (χ1) is 12.0. The van der Waals surface area contributed by atoms with E-state index in [1.165, 1.54) is 4.90 Å². The molecule has 3 rings (SSSR count). The molecule has 0 aromatic heterocycles. The van der Waals surface area contributed by atoms with Gasteiger partial charge >= 0.3 is 0 Å². The van der Waals surface area contributed by atoms with Gasteiger partial charge in [-0.05, 0) is 43.2 Å². The lowest BCUT2D eigenvalue weighted by Crippen LogP contribution is -2.44. The van der Waals surface area contributed by atoms with Gasteiger partial charge in [0.05, 0.1) is 11.5 Å². The molecule has 1 saturated heterocycles. The first kappa shape index (κ1) is 17.1. The molecule has 2 aromatic rings. The zero-order valence-corrected chi connectivity index (χ0v) is 13.5. The fourth-order valence-electron chi connectivity index (χ4n) is 2.97. The SMILES string of the molecule is O=C(Nc1ccccc1)C1CCCN(C(=O)c2cc(F)ccc2F)C1. The summed E-state index contributed by atoms with van der Waals surface area (Å²) < 4.78 is 27.1. The van der Waals surface area contributed by atoms with Gasteiger partial charge in [0.15, 0.2) is 0 Å². The molecule has 25 heavy (non-hydrogen) atoms. The van der Waals surface area contributed by atoms with Crippen LogP contribution in [-0.4, -0.2) is 29.8 Å². The smallest absolute Gasteiger partial charge is 0.256 e. The average Bonchev–Trinajstić information content (AvgIpc) is 2.64. The second-order valence-corrected chi connectivity index (χ2v) is 6.07. The predicted octanol–water partition coefficient (Wildman–Crippen LogP) is 3.46. The summed E-state index contributed by atoms with van der Waals surface area (Å²) in [5.41, 5.74) is 0.385. The highest BCUT2D eigenvalue weighted by atomic mass is 19.1. The standard InChI is InChI=1S/C19H18F2N2O2/c20-14-8-9-17(21)16(11-14)19(25)23-10-4-5-13(12-23)18(24)22-15-6-2-1-3-7-15/h1-3,6-9,11,13H,4-5,10,12H2,(H,22,24). The summed E-state index contributed by atoms with van der Waals surface area (Å²) in [6, 6.07) is 11.9. The molecule has 6 heteroatoms. The number of amides is 2. The molecule has 1 aliphatic heterocycles. The lowest BCUT2D eigenvalue weighted by molar-refractivity contribution is -0.121. The van der Waals surface area contributed by atoms with Gasteiger partial charge in [0.2, 0.25) is 5.91 Å². The van der Waals surface area contributed by atoms with Crippen LogP contribution < -0.4 is 5.32 Å². The maximum atomic E-state index is 13.8. The number of hydrogen-bond acceptors (Lipinski definition) is 2. The zero-order chi connectivity index (χ0) is 17.8. The molecule has 1 unspecified atom stereocenters. The van der Waals surface area contributed by atoms with Gasteiger partial charge in [0.1, 0.15) is 11.6 Å². The number of nitrogens with zero attached hydrogens (tertiary/aromatic N) is 1. The number of piperidine rings is 1. The van der Waals surface area contributed by atoms with Gasteiger partial charge in [-0.2, -0.15) is 0 Å². The third-order valence-electron chi connectivity index (χ3n) is 4.28. The average molecular weight is 344 g/mol. The van der Waals surface area contributed by atoms with E-state index >= 15 is 0 Å². The number of anilines is 1. The Bertz CT molecular complexity index is 780. The first-order valence-corrected chi connectivity index (χ1v) is 8.15. The van der Waals surface area contributed by atoms with Gasteiger partial charge in [-0.15, -0.1) is 0 Å². The van der Waals surface area contributed by atoms with Crippen molar-refractivity contribution in [2.24, 2.45) is 5.92 Å². The Balaban J connectivity index is 1.69. The highest BCUT2D eigenvalue weighted by Gasteiger charge is 2.30. The first-order valence-electron chi connectivity index (χ1n) is 8.15. The molecule has 2 amide bonds. The van der Waals surface area contributed by atoms with Crippen molar-refractivity contribution in [1.29, 1.82) is 0 Å². The fourth-order valence-corrected chi connectivity index (χ4v) is 2.97. The number of hydrogen-bond donors (Lipinski definition) is 1. The van der Waals surface area contributed by atoms with Gasteiger partial charge < -0.3 is 10.2 Å². The van der Waals surface area contributed by atoms with Crippen LogP contribution in [0.15, 0.2) is 48.5 Å². The van der Waals surface area contributed by atoms with Crippen molar-refractivity contribution < 1.29 is 18.4 Å². The molecule has 1 N–H and O–H groups in total. The molecular weight excluding hydrogens is 326 g/mol. The van der Waals surface area contributed by atoms with Gasteiger partial charge in [-0.1, -0.05) is 18.2 Å². The maximum Gasteiger partial charge on any atom is 0.256 e. The van der Waals surface area contributed by atoms with E-state index in [1.54, 1.807) is 12.1 Å². The number of halogens is 2. The molecule has 0 spiro atoms. The highest BCUT2D eigenvalue weighted by Crippen LogP contribution is 2.22. The molecule has 0 bridgehead atoms. The number of carbonyl (C=O) groups is 2. The van der Waals surface area contributed by atoms with Crippen LogP contribution in [0.2, 0.25) is 0 Å². The van der Waals surface area contributed by atoms with Crippen LogP contribution in [0.1, 0.15) is 23.2 Å². The van der Waals surface area contributed by atoms with Gasteiger partial charge in [-0.25, -0.2) is 8.78 Å². The van der Waals surface area contributed by atoms with Crippen molar-refractivity contribution >= 4 is 17.5 Å². The molecule has 0 saturated carbocycles. The quantitative estimate of drug-likeness (QED) is 0.927. The van der Waals surface area contributed by atoms with Crippen LogP contribution in [0.25, 0.3) is 0 Å². The Morgan fingerprint density at radius 2 is 1.84 bits per heavy atom. The van der Waals surface area contributed by atoms with E-state index in [9.17, 15) is 18.4 Å². The Morgan fingerprint density at radius 1 is 1.08 bits per heavy atom. The fraction of sp³-hybridized carbons (Fsp3) is 0.263. The predicted molar refractivity (Wildman–Crippen MR) is 90.1 cm³/mol. The molecule has 4 nitrogen and oxygen atoms in total. The number of likely N-dealkylation sites (tertiary alicyclic amines) is 1. The van der Waals surface area contributed by atoms with Crippen molar-refractivity contribution in [2.75, 3.05) is 18.4 Å². The Labute approximate surface area is 144 Å². The van der Waals surface area contributed by atoms with Crippen LogP contribution in [0.3, 0.4) is 0 Å². The van der Waals surface area contributed by atoms with Crippen molar-refractivity contribution in [2.45, 2.75) is 12.8 Å². The maximum absolute atomic E-state index is 13.8. The third-order valence-corrected chi connectivity index (χ3v) is 4.28. The minimum Gasteiger partial charge on any atom is -0.338 e. The number of para-hydroxylation sites is 1.